The van der Waals surface area contributed by atoms with Gasteiger partial charge in [0, 0.05) is 30.7 Å². The number of ether oxygens (including phenoxy) is 2. The van der Waals surface area contributed by atoms with Crippen LogP contribution in [0, 0.1) is 10.1 Å². The number of rotatable bonds is 10. The molecule has 0 heterocycles. The number of nitrogens with zero attached hydrogens (tertiary/aromatic N) is 2. The summed E-state index contributed by atoms with van der Waals surface area (Å²) in [4.78, 5) is 34.0. The molecule has 0 fully saturated rings. The fraction of sp³-hybridized carbons (Fsp3) is 0.250. The van der Waals surface area contributed by atoms with Crippen molar-refractivity contribution in [1.82, 2.24) is 10.7 Å². The predicted molar refractivity (Wildman–Crippen MR) is 110 cm³/mol. The quantitative estimate of drug-likeness (QED) is 0.265. The van der Waals surface area contributed by atoms with Crippen LogP contribution in [-0.2, 0) is 4.79 Å². The maximum atomic E-state index is 12.0. The summed E-state index contributed by atoms with van der Waals surface area (Å²) in [6.45, 7) is 0.244. The normalized spacial score (nSPS) is 10.5. The Hall–Kier alpha value is -3.95. The van der Waals surface area contributed by atoms with Crippen LogP contribution >= 0.6 is 0 Å². The fourth-order valence-corrected chi connectivity index (χ4v) is 2.48. The van der Waals surface area contributed by atoms with Gasteiger partial charge in [-0.1, -0.05) is 6.07 Å². The first-order chi connectivity index (χ1) is 14.4. The third-order valence-corrected chi connectivity index (χ3v) is 4.00. The Morgan fingerprint density at radius 3 is 2.60 bits per heavy atom. The van der Waals surface area contributed by atoms with Gasteiger partial charge in [0.25, 0.3) is 11.6 Å². The molecule has 0 aliphatic heterocycles. The predicted octanol–water partition coefficient (Wildman–Crippen LogP) is 2.27. The summed E-state index contributed by atoms with van der Waals surface area (Å²) >= 11 is 0. The van der Waals surface area contributed by atoms with Gasteiger partial charge in [-0.2, -0.15) is 5.10 Å². The van der Waals surface area contributed by atoms with Crippen molar-refractivity contribution in [1.29, 1.82) is 0 Å². The maximum Gasteiger partial charge on any atom is 0.270 e. The molecule has 0 saturated heterocycles. The molecule has 0 aliphatic carbocycles. The monoisotopic (exact) mass is 414 g/mol. The van der Waals surface area contributed by atoms with Crippen molar-refractivity contribution in [2.45, 2.75) is 12.8 Å². The Morgan fingerprint density at radius 2 is 1.90 bits per heavy atom. The van der Waals surface area contributed by atoms with Crippen LogP contribution in [0.5, 0.6) is 11.5 Å². The van der Waals surface area contributed by atoms with Crippen molar-refractivity contribution >= 4 is 23.7 Å². The minimum Gasteiger partial charge on any atom is -0.493 e. The molecule has 0 unspecified atom stereocenters. The molecule has 0 saturated carbocycles. The minimum absolute atomic E-state index is 0.151. The zero-order valence-electron chi connectivity index (χ0n) is 16.6. The summed E-state index contributed by atoms with van der Waals surface area (Å²) in [5.74, 6) is 0.389. The van der Waals surface area contributed by atoms with Gasteiger partial charge in [-0.25, -0.2) is 5.43 Å². The van der Waals surface area contributed by atoms with Crippen molar-refractivity contribution in [3.63, 3.8) is 0 Å². The SMILES string of the molecule is COc1ccc(C=NNC(=O)CCCNC(=O)c2cccc([N+](=O)[O-])c2)cc1OC. The summed E-state index contributed by atoms with van der Waals surface area (Å²) in [6.07, 6.45) is 2.01. The third kappa shape index (κ3) is 6.59. The molecule has 0 aliphatic rings. The van der Waals surface area contributed by atoms with E-state index in [0.717, 1.165) is 5.56 Å². The number of hydrazone groups is 1. The molecule has 0 spiro atoms. The minimum atomic E-state index is -0.566. The van der Waals surface area contributed by atoms with Gasteiger partial charge in [0.15, 0.2) is 11.5 Å². The average molecular weight is 414 g/mol. The summed E-state index contributed by atoms with van der Waals surface area (Å²) in [6, 6.07) is 10.6. The smallest absolute Gasteiger partial charge is 0.270 e. The highest BCUT2D eigenvalue weighted by molar-refractivity contribution is 5.94. The van der Waals surface area contributed by atoms with Gasteiger partial charge in [-0.05, 0) is 36.2 Å². The molecule has 0 atom stereocenters. The second kappa shape index (κ2) is 11.1. The first kappa shape index (κ1) is 22.3. The number of nitro benzene ring substituents is 1. The van der Waals surface area contributed by atoms with Crippen molar-refractivity contribution in [2.24, 2.45) is 5.10 Å². The summed E-state index contributed by atoms with van der Waals surface area (Å²) in [7, 11) is 3.07. The number of hydrogen-bond acceptors (Lipinski definition) is 7. The molecule has 30 heavy (non-hydrogen) atoms. The van der Waals surface area contributed by atoms with Crippen LogP contribution < -0.4 is 20.2 Å². The molecule has 2 amide bonds. The number of hydrogen-bond donors (Lipinski definition) is 2. The van der Waals surface area contributed by atoms with Gasteiger partial charge < -0.3 is 14.8 Å². The largest absolute Gasteiger partial charge is 0.493 e. The number of methoxy groups -OCH3 is 2. The molecule has 2 N–H and O–H groups in total. The van der Waals surface area contributed by atoms with Crippen molar-refractivity contribution < 1.29 is 24.0 Å². The van der Waals surface area contributed by atoms with Crippen LogP contribution in [0.4, 0.5) is 5.69 Å². The van der Waals surface area contributed by atoms with E-state index in [1.165, 1.54) is 44.7 Å². The highest BCUT2D eigenvalue weighted by Gasteiger charge is 2.11. The molecule has 10 nitrogen and oxygen atoms in total. The van der Waals surface area contributed by atoms with Gasteiger partial charge in [-0.3, -0.25) is 19.7 Å². The second-order valence-electron chi connectivity index (χ2n) is 6.07. The van der Waals surface area contributed by atoms with E-state index in [9.17, 15) is 19.7 Å². The average Bonchev–Trinajstić information content (AvgIpc) is 2.76. The lowest BCUT2D eigenvalue weighted by molar-refractivity contribution is -0.384. The Balaban J connectivity index is 1.73. The molecule has 0 aromatic heterocycles. The van der Waals surface area contributed by atoms with Gasteiger partial charge in [0.1, 0.15) is 0 Å². The van der Waals surface area contributed by atoms with Crippen LogP contribution in [0.1, 0.15) is 28.8 Å². The van der Waals surface area contributed by atoms with Crippen molar-refractivity contribution in [3.8, 4) is 11.5 Å². The number of nitrogens with one attached hydrogen (secondary N) is 2. The lowest BCUT2D eigenvalue weighted by atomic mass is 10.2. The number of nitro groups is 1. The van der Waals surface area contributed by atoms with Gasteiger partial charge >= 0.3 is 0 Å². The van der Waals surface area contributed by atoms with Gasteiger partial charge in [-0.15, -0.1) is 0 Å². The molecule has 0 radical (unpaired) electrons. The van der Waals surface area contributed by atoms with Crippen LogP contribution in [0.15, 0.2) is 47.6 Å². The standard InChI is InChI=1S/C20H22N4O6/c1-29-17-9-8-14(11-18(17)30-2)13-22-23-19(25)7-4-10-21-20(26)15-5-3-6-16(12-15)24(27)28/h3,5-6,8-9,11-13H,4,7,10H2,1-2H3,(H,21,26)(H,23,25). The van der Waals surface area contributed by atoms with Crippen LogP contribution in [0.25, 0.3) is 0 Å². The van der Waals surface area contributed by atoms with E-state index in [0.29, 0.717) is 17.9 Å². The van der Waals surface area contributed by atoms with Crippen molar-refractivity contribution in [3.05, 3.63) is 63.7 Å². The number of carbonyl (C=O) groups excluding carboxylic acids is 2. The molecule has 0 bridgehead atoms. The van der Waals surface area contributed by atoms with Crippen LogP contribution in [-0.4, -0.2) is 43.7 Å². The number of amides is 2. The molecule has 2 rings (SSSR count). The third-order valence-electron chi connectivity index (χ3n) is 4.00. The van der Waals surface area contributed by atoms with E-state index in [-0.39, 0.29) is 30.1 Å². The number of carbonyl (C=O) groups is 2. The van der Waals surface area contributed by atoms with E-state index in [1.54, 1.807) is 18.2 Å². The van der Waals surface area contributed by atoms with E-state index in [2.05, 4.69) is 15.8 Å². The maximum absolute atomic E-state index is 12.0. The Morgan fingerprint density at radius 1 is 1.13 bits per heavy atom. The molecule has 158 valence electrons. The topological polar surface area (TPSA) is 132 Å². The molecular weight excluding hydrogens is 392 g/mol. The highest BCUT2D eigenvalue weighted by atomic mass is 16.6. The Kier molecular flexibility index (Phi) is 8.30. The van der Waals surface area contributed by atoms with Gasteiger partial charge in [0.05, 0.1) is 25.4 Å². The Bertz CT molecular complexity index is 945. The highest BCUT2D eigenvalue weighted by Crippen LogP contribution is 2.26. The molecule has 2 aromatic rings. The van der Waals surface area contributed by atoms with Crippen LogP contribution in [0.2, 0.25) is 0 Å². The molecular formula is C20H22N4O6. The first-order valence-electron chi connectivity index (χ1n) is 9.01. The zero-order valence-corrected chi connectivity index (χ0v) is 16.6. The summed E-state index contributed by atoms with van der Waals surface area (Å²) in [5.41, 5.74) is 3.16. The fourth-order valence-electron chi connectivity index (χ4n) is 2.48. The van der Waals surface area contributed by atoms with E-state index >= 15 is 0 Å². The van der Waals surface area contributed by atoms with Gasteiger partial charge in [0.2, 0.25) is 5.91 Å². The molecule has 2 aromatic carbocycles. The second-order valence-corrected chi connectivity index (χ2v) is 6.07. The lowest BCUT2D eigenvalue weighted by Crippen LogP contribution is -2.26. The number of non-ortho nitro benzene ring substituents is 1. The first-order valence-corrected chi connectivity index (χ1v) is 9.01. The number of benzene rings is 2. The van der Waals surface area contributed by atoms with Crippen LogP contribution in [0.3, 0.4) is 0 Å². The van der Waals surface area contributed by atoms with E-state index in [4.69, 9.17) is 9.47 Å². The van der Waals surface area contributed by atoms with E-state index < -0.39 is 10.8 Å². The Labute approximate surface area is 173 Å². The van der Waals surface area contributed by atoms with E-state index in [1.807, 2.05) is 0 Å². The zero-order chi connectivity index (χ0) is 21.9. The lowest BCUT2D eigenvalue weighted by Gasteiger charge is -2.07. The van der Waals surface area contributed by atoms with Crippen molar-refractivity contribution in [2.75, 3.05) is 20.8 Å². The summed E-state index contributed by atoms with van der Waals surface area (Å²) < 4.78 is 10.3. The molecule has 10 heteroatoms. The summed E-state index contributed by atoms with van der Waals surface area (Å²) in [5, 5.41) is 17.3.